The maximum absolute atomic E-state index is 13.4. The molecule has 1 aromatic carbocycles. The highest BCUT2D eigenvalue weighted by Gasteiger charge is 2.48. The smallest absolute Gasteiger partial charge is 0.379 e. The van der Waals surface area contributed by atoms with Crippen LogP contribution in [0.15, 0.2) is 41.0 Å². The van der Waals surface area contributed by atoms with Gasteiger partial charge in [0.2, 0.25) is 0 Å². The van der Waals surface area contributed by atoms with Crippen LogP contribution in [-0.4, -0.2) is 36.3 Å². The van der Waals surface area contributed by atoms with Crippen molar-refractivity contribution in [1.82, 2.24) is 0 Å². The number of nitrogens with two attached hydrogens (primary N) is 1. The van der Waals surface area contributed by atoms with E-state index in [-0.39, 0.29) is 30.1 Å². The van der Waals surface area contributed by atoms with Gasteiger partial charge in [0.05, 0.1) is 18.8 Å². The Hall–Kier alpha value is -1.89. The maximum atomic E-state index is 13.4. The van der Waals surface area contributed by atoms with Crippen LogP contribution >= 0.6 is 0 Å². The molecule has 3 nitrogen and oxygen atoms in total. The highest BCUT2D eigenvalue weighted by Crippen LogP contribution is 2.29. The summed E-state index contributed by atoms with van der Waals surface area (Å²) in [6.07, 6.45) is -2.87. The first kappa shape index (κ1) is 14.5. The summed E-state index contributed by atoms with van der Waals surface area (Å²) in [7, 11) is 0. The fourth-order valence-electron chi connectivity index (χ4n) is 1.87. The standard InChI is InChI=1S/C13H12F4N2O/c14-12(15)13(16,17)11-7-9(18-5-6-19-11)8-3-1-2-4-10(8)20/h1-4,7,12,19-20H,5-6H2/p+1. The summed E-state index contributed by atoms with van der Waals surface area (Å²) in [4.78, 5) is 4.05. The Balaban J connectivity index is 2.43. The third-order valence-electron chi connectivity index (χ3n) is 2.91. The molecule has 0 saturated carbocycles. The molecule has 0 amide bonds. The predicted octanol–water partition coefficient (Wildman–Crippen LogP) is 1.54. The Kier molecular flexibility index (Phi) is 4.08. The molecular weight excluding hydrogens is 276 g/mol. The van der Waals surface area contributed by atoms with Crippen LogP contribution in [0.1, 0.15) is 5.56 Å². The van der Waals surface area contributed by atoms with Gasteiger partial charge in [0.1, 0.15) is 5.75 Å². The predicted molar refractivity (Wildman–Crippen MR) is 65.3 cm³/mol. The molecule has 0 radical (unpaired) electrons. The van der Waals surface area contributed by atoms with Gasteiger partial charge in [-0.25, -0.2) is 8.78 Å². The van der Waals surface area contributed by atoms with Crippen LogP contribution in [0.25, 0.3) is 0 Å². The summed E-state index contributed by atoms with van der Waals surface area (Å²) in [5.74, 6) is -4.36. The van der Waals surface area contributed by atoms with E-state index in [1.807, 2.05) is 0 Å². The lowest BCUT2D eigenvalue weighted by Gasteiger charge is -2.15. The van der Waals surface area contributed by atoms with Gasteiger partial charge in [-0.05, 0) is 12.1 Å². The van der Waals surface area contributed by atoms with Gasteiger partial charge in [-0.3, -0.25) is 4.99 Å². The number of hydrogen-bond donors (Lipinski definition) is 2. The van der Waals surface area contributed by atoms with E-state index >= 15 is 0 Å². The monoisotopic (exact) mass is 289 g/mol. The van der Waals surface area contributed by atoms with Gasteiger partial charge in [0.25, 0.3) is 0 Å². The molecule has 20 heavy (non-hydrogen) atoms. The van der Waals surface area contributed by atoms with Gasteiger partial charge in [0.15, 0.2) is 5.70 Å². The molecule has 0 spiro atoms. The fourth-order valence-corrected chi connectivity index (χ4v) is 1.87. The van der Waals surface area contributed by atoms with Crippen LogP contribution in [0.3, 0.4) is 0 Å². The largest absolute Gasteiger partial charge is 0.507 e. The first-order chi connectivity index (χ1) is 9.43. The fraction of sp³-hybridized carbons (Fsp3) is 0.308. The van der Waals surface area contributed by atoms with Gasteiger partial charge in [-0.1, -0.05) is 12.1 Å². The SMILES string of the molecule is Oc1ccccc1C1=NCC[NH2+]C(C(F)(F)C(F)F)=C1. The Morgan fingerprint density at radius 1 is 1.25 bits per heavy atom. The van der Waals surface area contributed by atoms with Crippen molar-refractivity contribution in [2.24, 2.45) is 4.99 Å². The second kappa shape index (κ2) is 5.62. The molecule has 1 heterocycles. The number of nitrogens with zero attached hydrogens (tertiary/aromatic N) is 1. The van der Waals surface area contributed by atoms with Crippen molar-refractivity contribution in [2.45, 2.75) is 12.3 Å². The molecule has 0 unspecified atom stereocenters. The van der Waals surface area contributed by atoms with Crippen LogP contribution in [-0.2, 0) is 0 Å². The quantitative estimate of drug-likeness (QED) is 0.815. The molecule has 0 fully saturated rings. The van der Waals surface area contributed by atoms with E-state index in [1.165, 1.54) is 12.1 Å². The highest BCUT2D eigenvalue weighted by molar-refractivity contribution is 6.10. The number of aromatic hydroxyl groups is 1. The van der Waals surface area contributed by atoms with Gasteiger partial charge in [0, 0.05) is 11.6 Å². The number of hydrogen-bond acceptors (Lipinski definition) is 2. The van der Waals surface area contributed by atoms with Crippen molar-refractivity contribution < 1.29 is 28.0 Å². The van der Waals surface area contributed by atoms with Crippen molar-refractivity contribution in [3.8, 4) is 5.75 Å². The van der Waals surface area contributed by atoms with Crippen molar-refractivity contribution in [1.29, 1.82) is 0 Å². The zero-order valence-corrected chi connectivity index (χ0v) is 10.4. The lowest BCUT2D eigenvalue weighted by atomic mass is 10.1. The summed E-state index contributed by atoms with van der Waals surface area (Å²) >= 11 is 0. The second-order valence-corrected chi connectivity index (χ2v) is 4.30. The highest BCUT2D eigenvalue weighted by atomic mass is 19.3. The molecule has 1 aliphatic rings. The molecule has 0 atom stereocenters. The molecule has 3 N–H and O–H groups in total. The number of benzene rings is 1. The molecule has 0 saturated heterocycles. The van der Waals surface area contributed by atoms with Crippen LogP contribution in [0.2, 0.25) is 0 Å². The van der Waals surface area contributed by atoms with Crippen molar-refractivity contribution >= 4 is 5.71 Å². The van der Waals surface area contributed by atoms with Crippen LogP contribution in [0.4, 0.5) is 17.6 Å². The first-order valence-electron chi connectivity index (χ1n) is 5.97. The Morgan fingerprint density at radius 3 is 2.60 bits per heavy atom. The van der Waals surface area contributed by atoms with Gasteiger partial charge in [-0.2, -0.15) is 8.78 Å². The molecule has 2 rings (SSSR count). The molecule has 7 heteroatoms. The topological polar surface area (TPSA) is 49.2 Å². The number of rotatable bonds is 3. The summed E-state index contributed by atoms with van der Waals surface area (Å²) in [6, 6.07) is 6.05. The molecule has 108 valence electrons. The van der Waals surface area contributed by atoms with E-state index in [2.05, 4.69) is 4.99 Å². The Labute approximate surface area is 112 Å². The Bertz CT molecular complexity index is 555. The molecule has 0 aliphatic carbocycles. The summed E-state index contributed by atoms with van der Waals surface area (Å²) in [5, 5.41) is 10.8. The van der Waals surface area contributed by atoms with Gasteiger partial charge >= 0.3 is 12.3 Å². The number of halogens is 4. The molecular formula is C13H13F4N2O+. The first-order valence-corrected chi connectivity index (χ1v) is 5.97. The van der Waals surface area contributed by atoms with Gasteiger partial charge < -0.3 is 10.4 Å². The van der Waals surface area contributed by atoms with Crippen LogP contribution < -0.4 is 5.32 Å². The number of quaternary nitrogens is 1. The second-order valence-electron chi connectivity index (χ2n) is 4.30. The number of aliphatic imine (C=N–C) groups is 1. The Morgan fingerprint density at radius 2 is 1.95 bits per heavy atom. The average molecular weight is 289 g/mol. The minimum Gasteiger partial charge on any atom is -0.507 e. The number of para-hydroxylation sites is 1. The third-order valence-corrected chi connectivity index (χ3v) is 2.91. The number of allylic oxidation sites excluding steroid dienone is 2. The third kappa shape index (κ3) is 2.82. The zero-order chi connectivity index (χ0) is 14.8. The lowest BCUT2D eigenvalue weighted by Crippen LogP contribution is -2.86. The van der Waals surface area contributed by atoms with Gasteiger partial charge in [-0.15, -0.1) is 0 Å². The molecule has 0 bridgehead atoms. The van der Waals surface area contributed by atoms with E-state index in [0.29, 0.717) is 0 Å². The zero-order valence-electron chi connectivity index (χ0n) is 10.4. The number of phenols is 1. The van der Waals surface area contributed by atoms with Crippen LogP contribution in [0.5, 0.6) is 5.75 Å². The maximum Gasteiger partial charge on any atom is 0.379 e. The summed E-state index contributed by atoms with van der Waals surface area (Å²) in [6.45, 7) is 0.341. The molecule has 0 aromatic heterocycles. The minimum atomic E-state index is -4.23. The van der Waals surface area contributed by atoms with Crippen molar-refractivity contribution in [3.05, 3.63) is 41.6 Å². The summed E-state index contributed by atoms with van der Waals surface area (Å²) < 4.78 is 51.7. The summed E-state index contributed by atoms with van der Waals surface area (Å²) in [5.41, 5.74) is -0.454. The number of alkyl halides is 4. The van der Waals surface area contributed by atoms with E-state index in [1.54, 1.807) is 12.1 Å². The molecule has 1 aliphatic heterocycles. The minimum absolute atomic E-state index is 0.0761. The van der Waals surface area contributed by atoms with Crippen molar-refractivity contribution in [3.63, 3.8) is 0 Å². The normalized spacial score (nSPS) is 16.6. The van der Waals surface area contributed by atoms with E-state index in [9.17, 15) is 22.7 Å². The van der Waals surface area contributed by atoms with E-state index < -0.39 is 18.0 Å². The van der Waals surface area contributed by atoms with E-state index in [4.69, 9.17) is 0 Å². The van der Waals surface area contributed by atoms with Crippen LogP contribution in [0, 0.1) is 0 Å². The van der Waals surface area contributed by atoms with E-state index in [0.717, 1.165) is 11.4 Å². The number of phenolic OH excluding ortho intramolecular Hbond substituents is 1. The average Bonchev–Trinajstić information content (AvgIpc) is 2.65. The van der Waals surface area contributed by atoms with Crippen molar-refractivity contribution in [2.75, 3.05) is 13.1 Å². The lowest BCUT2D eigenvalue weighted by molar-refractivity contribution is -0.619. The molecule has 1 aromatic rings.